The molecule has 0 saturated carbocycles. The first-order valence-electron chi connectivity index (χ1n) is 11.6. The number of nitrogens with two attached hydrogens (primary N) is 1. The molecule has 0 aliphatic carbocycles. The molecule has 2 rings (SSSR count). The van der Waals surface area contributed by atoms with Crippen LogP contribution in [0, 0.1) is 19.3 Å². The second-order valence-electron chi connectivity index (χ2n) is 9.32. The zero-order valence-corrected chi connectivity index (χ0v) is 22.7. The van der Waals surface area contributed by atoms with Gasteiger partial charge in [0.2, 0.25) is 0 Å². The molecule has 0 aromatic heterocycles. The van der Waals surface area contributed by atoms with Crippen LogP contribution in [0.1, 0.15) is 63.8 Å². The molecule has 184 valence electrons. The Balaban J connectivity index is 0.00000265. The Morgan fingerprint density at radius 2 is 1.79 bits per heavy atom. The van der Waals surface area contributed by atoms with Crippen LogP contribution in [0.4, 0.5) is 0 Å². The summed E-state index contributed by atoms with van der Waals surface area (Å²) in [4.78, 5) is 14.4. The van der Waals surface area contributed by atoms with Gasteiger partial charge in [-0.2, -0.15) is 0 Å². The number of nitrogens with zero attached hydrogens (tertiary/aromatic N) is 3. The Morgan fingerprint density at radius 3 is 2.33 bits per heavy atom. The molecule has 2 N–H and O–H groups in total. The molecule has 0 bridgehead atoms. The van der Waals surface area contributed by atoms with Gasteiger partial charge in [0.25, 0.3) is 0 Å². The number of ether oxygens (including phenoxy) is 2. The highest BCUT2D eigenvalue weighted by molar-refractivity contribution is 7.80. The van der Waals surface area contributed by atoms with Crippen molar-refractivity contribution < 1.29 is 9.47 Å². The third-order valence-electron chi connectivity index (χ3n) is 5.45. The Labute approximate surface area is 205 Å². The molecule has 1 heterocycles. The van der Waals surface area contributed by atoms with E-state index < -0.39 is 5.54 Å². The summed E-state index contributed by atoms with van der Waals surface area (Å²) < 4.78 is 10.3. The van der Waals surface area contributed by atoms with Crippen molar-refractivity contribution in [2.45, 2.75) is 73.8 Å². The highest BCUT2D eigenvalue weighted by atomic mass is 32.1. The van der Waals surface area contributed by atoms with Crippen LogP contribution in [0.25, 0.3) is 0 Å². The third-order valence-corrected chi connectivity index (χ3v) is 5.68. The maximum Gasteiger partial charge on any atom is 0.146 e. The molecule has 33 heavy (non-hydrogen) atoms. The minimum absolute atomic E-state index is 0.0382. The molecule has 1 aromatic rings. The van der Waals surface area contributed by atoms with Crippen molar-refractivity contribution in [2.75, 3.05) is 27.1 Å². The molecular formula is C26H42N4O2S. The second kappa shape index (κ2) is 13.1. The minimum atomic E-state index is -0.657. The average molecular weight is 475 g/mol. The van der Waals surface area contributed by atoms with E-state index in [-0.39, 0.29) is 5.41 Å². The lowest BCUT2D eigenvalue weighted by Crippen LogP contribution is -2.46. The fourth-order valence-corrected chi connectivity index (χ4v) is 3.53. The molecule has 0 spiro atoms. The summed E-state index contributed by atoms with van der Waals surface area (Å²) in [6.07, 6.45) is 3.23. The quantitative estimate of drug-likeness (QED) is 0.188. The van der Waals surface area contributed by atoms with Crippen LogP contribution in [0.3, 0.4) is 0 Å². The highest BCUT2D eigenvalue weighted by Gasteiger charge is 2.32. The minimum Gasteiger partial charge on any atom is -0.385 e. The topological polar surface area (TPSA) is 81.6 Å². The SMILES string of the molecule is CC.COCOCCc1cc(C)c(CC(=S)N=C(N)C2(C)CN=C(C(C)(C)C)C=N2)cc1C. The van der Waals surface area contributed by atoms with E-state index in [0.717, 1.165) is 17.7 Å². The van der Waals surface area contributed by atoms with Gasteiger partial charge < -0.3 is 15.2 Å². The lowest BCUT2D eigenvalue weighted by molar-refractivity contribution is -0.0291. The molecule has 1 atom stereocenters. The molecule has 7 heteroatoms. The van der Waals surface area contributed by atoms with E-state index in [1.807, 2.05) is 27.0 Å². The van der Waals surface area contributed by atoms with Gasteiger partial charge in [0, 0.05) is 25.2 Å². The maximum atomic E-state index is 6.32. The van der Waals surface area contributed by atoms with Crippen LogP contribution < -0.4 is 5.73 Å². The Morgan fingerprint density at radius 1 is 1.18 bits per heavy atom. The van der Waals surface area contributed by atoms with Gasteiger partial charge in [-0.1, -0.05) is 59.0 Å². The van der Waals surface area contributed by atoms with Crippen molar-refractivity contribution in [1.29, 1.82) is 0 Å². The smallest absolute Gasteiger partial charge is 0.146 e. The number of benzene rings is 1. The molecule has 1 aliphatic heterocycles. The van der Waals surface area contributed by atoms with Gasteiger partial charge in [0.1, 0.15) is 23.2 Å². The molecule has 1 unspecified atom stereocenters. The normalized spacial score (nSPS) is 18.5. The molecule has 0 fully saturated rings. The number of rotatable bonds is 8. The van der Waals surface area contributed by atoms with Crippen LogP contribution in [-0.2, 0) is 22.3 Å². The first-order valence-corrected chi connectivity index (χ1v) is 12.0. The van der Waals surface area contributed by atoms with Gasteiger partial charge in [0.05, 0.1) is 18.9 Å². The van der Waals surface area contributed by atoms with E-state index >= 15 is 0 Å². The Hall–Kier alpha value is -1.96. The number of hydrogen-bond acceptors (Lipinski definition) is 5. The van der Waals surface area contributed by atoms with Crippen LogP contribution >= 0.6 is 12.2 Å². The molecule has 1 aliphatic rings. The van der Waals surface area contributed by atoms with Gasteiger partial charge in [-0.05, 0) is 49.4 Å². The lowest BCUT2D eigenvalue weighted by Gasteiger charge is -2.29. The van der Waals surface area contributed by atoms with Gasteiger partial charge in [0.15, 0.2) is 0 Å². The summed E-state index contributed by atoms with van der Waals surface area (Å²) in [7, 11) is 1.62. The van der Waals surface area contributed by atoms with Crippen LogP contribution in [0.5, 0.6) is 0 Å². The molecule has 6 nitrogen and oxygen atoms in total. The molecule has 0 radical (unpaired) electrons. The van der Waals surface area contributed by atoms with E-state index in [1.54, 1.807) is 7.11 Å². The summed E-state index contributed by atoms with van der Waals surface area (Å²) >= 11 is 5.56. The summed E-state index contributed by atoms with van der Waals surface area (Å²) in [5.74, 6) is 0.409. The van der Waals surface area contributed by atoms with E-state index in [0.29, 0.717) is 37.2 Å². The van der Waals surface area contributed by atoms with Crippen molar-refractivity contribution >= 4 is 35.0 Å². The summed E-state index contributed by atoms with van der Waals surface area (Å²) in [5.41, 5.74) is 11.4. The standard InChI is InChI=1S/C24H36N4O2S.C2H6/c1-16-11-19(17(2)10-18(16)8-9-30-15-29-7)12-21(31)28-22(25)24(6)14-26-20(13-27-24)23(3,4)5;1-2/h10-11,13H,8-9,12,14-15H2,1-7H3,(H2,25,28,31);1-2H3. The number of methoxy groups -OCH3 is 1. The molecule has 1 aromatic carbocycles. The molecule has 0 amide bonds. The predicted molar refractivity (Wildman–Crippen MR) is 145 cm³/mol. The highest BCUT2D eigenvalue weighted by Crippen LogP contribution is 2.22. The predicted octanol–water partition coefficient (Wildman–Crippen LogP) is 5.05. The van der Waals surface area contributed by atoms with Crippen molar-refractivity contribution in [2.24, 2.45) is 26.1 Å². The van der Waals surface area contributed by atoms with Gasteiger partial charge in [-0.15, -0.1) is 0 Å². The van der Waals surface area contributed by atoms with Crippen molar-refractivity contribution in [3.63, 3.8) is 0 Å². The largest absolute Gasteiger partial charge is 0.385 e. The third kappa shape index (κ3) is 8.72. The average Bonchev–Trinajstić information content (AvgIpc) is 2.75. The van der Waals surface area contributed by atoms with Crippen molar-refractivity contribution in [3.05, 3.63) is 34.4 Å². The second-order valence-corrected chi connectivity index (χ2v) is 9.79. The van der Waals surface area contributed by atoms with Gasteiger partial charge >= 0.3 is 0 Å². The number of aryl methyl sites for hydroxylation is 2. The van der Waals surface area contributed by atoms with E-state index in [1.165, 1.54) is 16.7 Å². The Kier molecular flexibility index (Phi) is 11.5. The summed E-state index contributed by atoms with van der Waals surface area (Å²) in [6, 6.07) is 4.38. The summed E-state index contributed by atoms with van der Waals surface area (Å²) in [5, 5.41) is 0. The monoisotopic (exact) mass is 474 g/mol. The fourth-order valence-electron chi connectivity index (χ4n) is 3.28. The summed E-state index contributed by atoms with van der Waals surface area (Å²) in [6.45, 7) is 17.9. The number of thiocarbonyl (C=S) groups is 1. The van der Waals surface area contributed by atoms with E-state index in [9.17, 15) is 0 Å². The molecular weight excluding hydrogens is 432 g/mol. The number of amidine groups is 1. The van der Waals surface area contributed by atoms with Gasteiger partial charge in [-0.3, -0.25) is 9.98 Å². The zero-order valence-electron chi connectivity index (χ0n) is 21.9. The van der Waals surface area contributed by atoms with Crippen molar-refractivity contribution in [3.8, 4) is 0 Å². The maximum absolute atomic E-state index is 6.32. The van der Waals surface area contributed by atoms with E-state index in [4.69, 9.17) is 27.4 Å². The number of aliphatic imine (C=N–C) groups is 3. The first kappa shape index (κ1) is 29.1. The number of hydrogen-bond donors (Lipinski definition) is 1. The van der Waals surface area contributed by atoms with Crippen LogP contribution in [0.15, 0.2) is 27.1 Å². The fraction of sp³-hybridized carbons (Fsp3) is 0.615. The van der Waals surface area contributed by atoms with Crippen molar-refractivity contribution in [1.82, 2.24) is 0 Å². The van der Waals surface area contributed by atoms with E-state index in [2.05, 4.69) is 61.7 Å². The lowest BCUT2D eigenvalue weighted by atomic mass is 9.88. The Bertz CT molecular complexity index is 900. The zero-order chi connectivity index (χ0) is 25.2. The van der Waals surface area contributed by atoms with Crippen LogP contribution in [0.2, 0.25) is 0 Å². The van der Waals surface area contributed by atoms with Crippen LogP contribution in [-0.4, -0.2) is 55.3 Å². The first-order chi connectivity index (χ1) is 15.5. The molecule has 0 saturated heterocycles. The van der Waals surface area contributed by atoms with Gasteiger partial charge in [-0.25, -0.2) is 4.99 Å².